The molecule has 0 aliphatic heterocycles. The summed E-state index contributed by atoms with van der Waals surface area (Å²) in [6, 6.07) is 80.4. The lowest BCUT2D eigenvalue weighted by Crippen LogP contribution is -2.00. The van der Waals surface area contributed by atoms with Crippen LogP contribution in [0.3, 0.4) is 0 Å². The summed E-state index contributed by atoms with van der Waals surface area (Å²) in [5, 5.41) is 6.50. The minimum Gasteiger partial charge on any atom is -0.456 e. The third-order valence-electron chi connectivity index (χ3n) is 13.4. The molecule has 0 bridgehead atoms. The van der Waals surface area contributed by atoms with Gasteiger partial charge in [0.2, 0.25) is 0 Å². The highest BCUT2D eigenvalue weighted by molar-refractivity contribution is 6.15. The minimum absolute atomic E-state index is 0.545. The van der Waals surface area contributed by atoms with Gasteiger partial charge in [-0.2, -0.15) is 0 Å². The van der Waals surface area contributed by atoms with E-state index in [2.05, 4.69) is 174 Å². The Hall–Kier alpha value is -9.39. The molecule has 0 spiro atoms. The average molecular weight is 883 g/mol. The number of aromatic nitrogens is 4. The molecule has 69 heavy (non-hydrogen) atoms. The second kappa shape index (κ2) is 15.6. The molecule has 0 aliphatic carbocycles. The molecule has 0 radical (unpaired) electrons. The summed E-state index contributed by atoms with van der Waals surface area (Å²) in [5.74, 6) is 1.67. The predicted octanol–water partition coefficient (Wildman–Crippen LogP) is 16.8. The molecule has 6 heteroatoms. The average Bonchev–Trinajstić information content (AvgIpc) is 4.10. The molecule has 0 atom stereocenters. The van der Waals surface area contributed by atoms with E-state index in [9.17, 15) is 0 Å². The molecule has 0 aliphatic rings. The van der Waals surface area contributed by atoms with Gasteiger partial charge in [-0.1, -0.05) is 158 Å². The normalized spacial score (nSPS) is 11.8. The lowest BCUT2D eigenvalue weighted by molar-refractivity contribution is 0.668. The fourth-order valence-corrected chi connectivity index (χ4v) is 10.2. The Morgan fingerprint density at radius 1 is 0.275 bits per heavy atom. The Balaban J connectivity index is 0.910. The molecule has 0 N–H and O–H groups in total. The highest BCUT2D eigenvalue weighted by atomic mass is 16.3. The molecule has 0 amide bonds. The largest absolute Gasteiger partial charge is 0.456 e. The van der Waals surface area contributed by atoms with Crippen molar-refractivity contribution in [3.63, 3.8) is 0 Å². The van der Waals surface area contributed by atoms with Crippen molar-refractivity contribution in [1.82, 2.24) is 19.5 Å². The molecule has 14 rings (SSSR count). The summed E-state index contributed by atoms with van der Waals surface area (Å²) in [5.41, 5.74) is 15.9. The first-order valence-electron chi connectivity index (χ1n) is 23.2. The van der Waals surface area contributed by atoms with E-state index in [0.717, 1.165) is 99.6 Å². The van der Waals surface area contributed by atoms with Crippen LogP contribution in [-0.4, -0.2) is 19.5 Å². The van der Waals surface area contributed by atoms with Gasteiger partial charge in [-0.25, -0.2) is 15.0 Å². The van der Waals surface area contributed by atoms with E-state index >= 15 is 0 Å². The maximum atomic E-state index is 6.59. The van der Waals surface area contributed by atoms with Gasteiger partial charge in [0.05, 0.1) is 11.0 Å². The van der Waals surface area contributed by atoms with E-state index in [1.807, 2.05) is 60.7 Å². The van der Waals surface area contributed by atoms with Crippen molar-refractivity contribution in [3.05, 3.63) is 231 Å². The van der Waals surface area contributed by atoms with Gasteiger partial charge in [-0.15, -0.1) is 0 Å². The number of hydrogen-bond acceptors (Lipinski definition) is 5. The molecule has 6 nitrogen and oxygen atoms in total. The second-order valence-electron chi connectivity index (χ2n) is 17.5. The molecule has 0 saturated heterocycles. The van der Waals surface area contributed by atoms with Crippen LogP contribution in [0.1, 0.15) is 0 Å². The van der Waals surface area contributed by atoms with Gasteiger partial charge < -0.3 is 13.4 Å². The maximum Gasteiger partial charge on any atom is 0.164 e. The van der Waals surface area contributed by atoms with Crippen molar-refractivity contribution in [1.29, 1.82) is 0 Å². The number of nitrogens with zero attached hydrogens (tertiary/aromatic N) is 4. The minimum atomic E-state index is 0.545. The van der Waals surface area contributed by atoms with E-state index in [0.29, 0.717) is 17.5 Å². The van der Waals surface area contributed by atoms with Crippen LogP contribution in [0, 0.1) is 0 Å². The molecule has 0 fully saturated rings. The molecule has 0 unspecified atom stereocenters. The van der Waals surface area contributed by atoms with Crippen molar-refractivity contribution < 1.29 is 8.83 Å². The molecule has 322 valence electrons. The number of hydrogen-bond donors (Lipinski definition) is 0. The van der Waals surface area contributed by atoms with E-state index in [-0.39, 0.29) is 0 Å². The van der Waals surface area contributed by atoms with Crippen LogP contribution in [0.15, 0.2) is 239 Å². The molecule has 14 aromatic rings. The van der Waals surface area contributed by atoms with Gasteiger partial charge in [-0.3, -0.25) is 0 Å². The zero-order chi connectivity index (χ0) is 45.4. The quantitative estimate of drug-likeness (QED) is 0.159. The van der Waals surface area contributed by atoms with E-state index in [4.69, 9.17) is 23.8 Å². The van der Waals surface area contributed by atoms with E-state index < -0.39 is 0 Å². The van der Waals surface area contributed by atoms with Crippen molar-refractivity contribution in [2.24, 2.45) is 0 Å². The Morgan fingerprint density at radius 3 is 1.61 bits per heavy atom. The molecule has 4 aromatic heterocycles. The van der Waals surface area contributed by atoms with Crippen LogP contribution in [-0.2, 0) is 0 Å². The van der Waals surface area contributed by atoms with Gasteiger partial charge in [0.15, 0.2) is 17.5 Å². The van der Waals surface area contributed by atoms with Crippen LogP contribution < -0.4 is 0 Å². The molecule has 0 saturated carbocycles. The van der Waals surface area contributed by atoms with Gasteiger partial charge in [0.25, 0.3) is 0 Å². The highest BCUT2D eigenvalue weighted by Crippen LogP contribution is 2.43. The summed E-state index contributed by atoms with van der Waals surface area (Å²) in [7, 11) is 0. The predicted molar refractivity (Wildman–Crippen MR) is 281 cm³/mol. The first kappa shape index (κ1) is 38.8. The Morgan fingerprint density at radius 2 is 0.812 bits per heavy atom. The summed E-state index contributed by atoms with van der Waals surface area (Å²) < 4.78 is 15.5. The monoisotopic (exact) mass is 882 g/mol. The SMILES string of the molecule is c1ccc(-c2nc(-c3cc(-c4ccccc4)c4c(c3)oc3ccccc34)nc(-c3cccc4oc5ccc(-c6cccc(-c7ccc8c(c7)c7ccccc7n8-c7ccccc7)c6)cc5c34)n2)cc1. The van der Waals surface area contributed by atoms with E-state index in [1.54, 1.807) is 0 Å². The molecular weight excluding hydrogens is 845 g/mol. The highest BCUT2D eigenvalue weighted by Gasteiger charge is 2.21. The lowest BCUT2D eigenvalue weighted by Gasteiger charge is -2.11. The van der Waals surface area contributed by atoms with Crippen LogP contribution in [0.25, 0.3) is 139 Å². The number of rotatable bonds is 7. The fraction of sp³-hybridized carbons (Fsp3) is 0. The Labute approximate surface area is 396 Å². The maximum absolute atomic E-state index is 6.59. The van der Waals surface area contributed by atoms with Crippen LogP contribution in [0.5, 0.6) is 0 Å². The summed E-state index contributed by atoms with van der Waals surface area (Å²) in [4.78, 5) is 15.7. The van der Waals surface area contributed by atoms with Crippen molar-refractivity contribution in [2.45, 2.75) is 0 Å². The summed E-state index contributed by atoms with van der Waals surface area (Å²) in [6.45, 7) is 0. The van der Waals surface area contributed by atoms with Crippen molar-refractivity contribution in [3.8, 4) is 73.2 Å². The smallest absolute Gasteiger partial charge is 0.164 e. The lowest BCUT2D eigenvalue weighted by atomic mass is 9.96. The van der Waals surface area contributed by atoms with Gasteiger partial charge in [0.1, 0.15) is 22.3 Å². The third-order valence-corrected chi connectivity index (χ3v) is 13.4. The molecule has 4 heterocycles. The van der Waals surface area contributed by atoms with Crippen LogP contribution in [0.2, 0.25) is 0 Å². The van der Waals surface area contributed by atoms with Gasteiger partial charge >= 0.3 is 0 Å². The Bertz CT molecular complexity index is 4300. The summed E-state index contributed by atoms with van der Waals surface area (Å²) in [6.07, 6.45) is 0. The number of furan rings is 2. The molecular formula is C63H38N4O2. The zero-order valence-electron chi connectivity index (χ0n) is 37.0. The Kier molecular flexibility index (Phi) is 8.79. The van der Waals surface area contributed by atoms with Crippen LogP contribution >= 0.6 is 0 Å². The van der Waals surface area contributed by atoms with Gasteiger partial charge in [-0.05, 0) is 106 Å². The van der Waals surface area contributed by atoms with Crippen molar-refractivity contribution >= 4 is 65.7 Å². The van der Waals surface area contributed by atoms with E-state index in [1.165, 1.54) is 21.8 Å². The molecule has 10 aromatic carbocycles. The number of benzene rings is 10. The number of fused-ring (bicyclic) bond motifs is 9. The fourth-order valence-electron chi connectivity index (χ4n) is 10.2. The first-order chi connectivity index (χ1) is 34.2. The topological polar surface area (TPSA) is 69.9 Å². The summed E-state index contributed by atoms with van der Waals surface area (Å²) >= 11 is 0. The first-order valence-corrected chi connectivity index (χ1v) is 23.2. The second-order valence-corrected chi connectivity index (χ2v) is 17.5. The third kappa shape index (κ3) is 6.45. The van der Waals surface area contributed by atoms with Crippen molar-refractivity contribution in [2.75, 3.05) is 0 Å². The van der Waals surface area contributed by atoms with Crippen LogP contribution in [0.4, 0.5) is 0 Å². The standard InChI is InChI=1S/C63H38N4O2/c1-4-16-39(17-5-1)50-37-45(38-58-59(50)48-25-11-13-28-55(48)69-58)62-64-61(40-18-6-2-7-19-40)65-63(66-62)49-26-15-29-57-60(49)52-36-44(31-33-56(52)68-57)42-21-14-20-41(34-42)43-30-32-54-51(35-43)47-24-10-12-27-53(47)67(54)46-22-8-3-9-23-46/h1-38H. The number of para-hydroxylation sites is 3. The zero-order valence-corrected chi connectivity index (χ0v) is 37.0. The van der Waals surface area contributed by atoms with Gasteiger partial charge in [0, 0.05) is 54.7 Å².